The molecule has 0 amide bonds. The number of carbonyl (C=O) groups is 2. The first-order valence-corrected chi connectivity index (χ1v) is 19.5. The highest BCUT2D eigenvalue weighted by atomic mass is 16.5. The molecule has 0 saturated carbocycles. The number of aliphatic hydroxyl groups excluding tert-OH is 3. The standard InChI is InChI=1S/C44H54N4O7/c1-7-25-21-46(3)37-17-29-27-13-9-11-15-33(27)45-39(29)35(19-31(25)43(37,23-49)41(52)54-5)48-34-16-12-10-14-28(34)30-18-38-44(24-50,42(53)55-6)32(20-36(51)40(30)48)26(8-2)22-47(38)4/h7-16,31-32,35-38,45,49-51H,17-24H2,1-6H3/b25-7+,26-8+/t31-,32-,35+,36+,37-,38-,43-,44-/m0/s1. The minimum absolute atomic E-state index is 0.203. The summed E-state index contributed by atoms with van der Waals surface area (Å²) in [5, 5.41) is 37.6. The summed E-state index contributed by atoms with van der Waals surface area (Å²) in [6.07, 6.45) is 4.62. The van der Waals surface area contributed by atoms with E-state index in [4.69, 9.17) is 9.47 Å². The molecule has 2 aromatic heterocycles. The Hall–Kier alpha value is -4.26. The fourth-order valence-electron chi connectivity index (χ4n) is 11.7. The average Bonchev–Trinajstić information content (AvgIpc) is 3.72. The first-order chi connectivity index (χ1) is 26.6. The number of benzene rings is 2. The number of methoxy groups -OCH3 is 2. The van der Waals surface area contributed by atoms with Gasteiger partial charge in [0.25, 0.3) is 0 Å². The Kier molecular flexibility index (Phi) is 9.61. The Labute approximate surface area is 322 Å². The lowest BCUT2D eigenvalue weighted by Crippen LogP contribution is -2.64. The van der Waals surface area contributed by atoms with Crippen LogP contribution in [0.2, 0.25) is 0 Å². The maximum atomic E-state index is 14.3. The van der Waals surface area contributed by atoms with Gasteiger partial charge >= 0.3 is 11.9 Å². The Balaban J connectivity index is 1.45. The second-order valence-corrected chi connectivity index (χ2v) is 16.3. The number of aromatic nitrogens is 2. The van der Waals surface area contributed by atoms with E-state index in [-0.39, 0.29) is 25.0 Å². The largest absolute Gasteiger partial charge is 0.468 e. The zero-order valence-corrected chi connectivity index (χ0v) is 32.7. The molecule has 0 spiro atoms. The minimum Gasteiger partial charge on any atom is -0.468 e. The summed E-state index contributed by atoms with van der Waals surface area (Å²) >= 11 is 0. The summed E-state index contributed by atoms with van der Waals surface area (Å²) in [6.45, 7) is 4.39. The molecule has 2 aliphatic heterocycles. The summed E-state index contributed by atoms with van der Waals surface area (Å²) in [7, 11) is 6.80. The van der Waals surface area contributed by atoms with E-state index in [9.17, 15) is 24.9 Å². The fraction of sp³-hybridized carbons (Fsp3) is 0.500. The van der Waals surface area contributed by atoms with E-state index in [2.05, 4.69) is 49.7 Å². The number of hydrogen-bond donors (Lipinski definition) is 4. The lowest BCUT2D eigenvalue weighted by Gasteiger charge is -2.54. The van der Waals surface area contributed by atoms with Crippen molar-refractivity contribution in [2.24, 2.45) is 22.7 Å². The Morgan fingerprint density at radius 2 is 1.33 bits per heavy atom. The van der Waals surface area contributed by atoms with Gasteiger partial charge in [-0.2, -0.15) is 0 Å². The number of H-pyrrole nitrogens is 1. The third-order valence-corrected chi connectivity index (χ3v) is 14.2. The molecule has 0 unspecified atom stereocenters. The SMILES string of the molecule is C/C=C1\CN(C)[C@H]2Cc3c(n([C@@H]4C[C@H]5/C(=C/C)CN(C)[C@@H](Cc6c4[nH]c4ccccc64)[C@@]5(CO)C(=O)OC)c4ccccc34)[C@H](O)C[C@@H]1[C@]2(CO)C(=O)OC. The molecule has 4 N–H and O–H groups in total. The van der Waals surface area contributed by atoms with Crippen molar-refractivity contribution < 1.29 is 34.4 Å². The molecule has 8 rings (SSSR count). The zero-order valence-electron chi connectivity index (χ0n) is 32.7. The molecular formula is C44H54N4O7. The van der Waals surface area contributed by atoms with Gasteiger partial charge in [-0.15, -0.1) is 0 Å². The number of rotatable bonds is 5. The van der Waals surface area contributed by atoms with Crippen molar-refractivity contribution in [1.82, 2.24) is 19.4 Å². The molecule has 2 aliphatic carbocycles. The third-order valence-electron chi connectivity index (χ3n) is 14.2. The van der Waals surface area contributed by atoms with Gasteiger partial charge in [0.05, 0.1) is 45.3 Å². The van der Waals surface area contributed by atoms with Crippen LogP contribution in [0.5, 0.6) is 0 Å². The molecule has 2 saturated heterocycles. The van der Waals surface area contributed by atoms with E-state index >= 15 is 0 Å². The van der Waals surface area contributed by atoms with Gasteiger partial charge in [-0.05, 0) is 76.9 Å². The number of aromatic amines is 1. The number of likely N-dealkylation sites (N-methyl/N-ethyl adjacent to an activating group) is 2. The number of ether oxygens (including phenoxy) is 2. The van der Waals surface area contributed by atoms with Gasteiger partial charge in [-0.3, -0.25) is 19.4 Å². The number of fused-ring (bicyclic) bond motifs is 10. The Morgan fingerprint density at radius 1 is 0.800 bits per heavy atom. The van der Waals surface area contributed by atoms with Crippen LogP contribution < -0.4 is 0 Å². The number of allylic oxidation sites excluding steroid dienone is 2. The minimum atomic E-state index is -1.29. The lowest BCUT2D eigenvalue weighted by molar-refractivity contribution is -0.171. The van der Waals surface area contributed by atoms with Crippen LogP contribution >= 0.6 is 0 Å². The van der Waals surface area contributed by atoms with Crippen molar-refractivity contribution in [3.63, 3.8) is 0 Å². The number of nitrogens with zero attached hydrogens (tertiary/aromatic N) is 3. The maximum absolute atomic E-state index is 14.3. The number of carbonyl (C=O) groups excluding carboxylic acids is 2. The smallest absolute Gasteiger partial charge is 0.316 e. The second-order valence-electron chi connectivity index (χ2n) is 16.3. The maximum Gasteiger partial charge on any atom is 0.316 e. The third kappa shape index (κ3) is 5.19. The van der Waals surface area contributed by atoms with E-state index in [0.717, 1.165) is 55.5 Å². The van der Waals surface area contributed by atoms with Crippen LogP contribution in [0.1, 0.15) is 61.3 Å². The highest BCUT2D eigenvalue weighted by Gasteiger charge is 2.61. The van der Waals surface area contributed by atoms with Crippen LogP contribution in [0.4, 0.5) is 0 Å². The second kappa shape index (κ2) is 14.0. The van der Waals surface area contributed by atoms with Gasteiger partial charge < -0.3 is 34.3 Å². The molecule has 4 aliphatic rings. The first kappa shape index (κ1) is 37.7. The summed E-state index contributed by atoms with van der Waals surface area (Å²) in [4.78, 5) is 36.5. The van der Waals surface area contributed by atoms with Gasteiger partial charge in [0.2, 0.25) is 0 Å². The van der Waals surface area contributed by atoms with E-state index in [1.807, 2.05) is 58.3 Å². The van der Waals surface area contributed by atoms with Gasteiger partial charge in [0.1, 0.15) is 10.8 Å². The molecule has 55 heavy (non-hydrogen) atoms. The van der Waals surface area contributed by atoms with Crippen molar-refractivity contribution in [2.75, 3.05) is 54.6 Å². The molecule has 11 heteroatoms. The fourth-order valence-corrected chi connectivity index (χ4v) is 11.7. The average molecular weight is 751 g/mol. The molecule has 4 heterocycles. The quantitative estimate of drug-likeness (QED) is 0.169. The number of nitrogens with one attached hydrogen (secondary N) is 1. The predicted molar refractivity (Wildman–Crippen MR) is 210 cm³/mol. The predicted octanol–water partition coefficient (Wildman–Crippen LogP) is 4.69. The summed E-state index contributed by atoms with van der Waals surface area (Å²) in [5.41, 5.74) is 5.19. The van der Waals surface area contributed by atoms with Crippen molar-refractivity contribution in [3.8, 4) is 0 Å². The van der Waals surface area contributed by atoms with Crippen LogP contribution in [0.3, 0.4) is 0 Å². The Morgan fingerprint density at radius 3 is 1.89 bits per heavy atom. The monoisotopic (exact) mass is 750 g/mol. The van der Waals surface area contributed by atoms with Crippen molar-refractivity contribution in [1.29, 1.82) is 0 Å². The zero-order chi connectivity index (χ0) is 39.0. The normalized spacial score (nSPS) is 32.7. The van der Waals surface area contributed by atoms with Crippen LogP contribution in [0.25, 0.3) is 21.8 Å². The molecule has 0 radical (unpaired) electrons. The summed E-state index contributed by atoms with van der Waals surface area (Å²) in [6, 6.07) is 15.3. The van der Waals surface area contributed by atoms with Crippen molar-refractivity contribution in [2.45, 2.75) is 63.8 Å². The molecular weight excluding hydrogens is 697 g/mol. The Bertz CT molecular complexity index is 2220. The van der Waals surface area contributed by atoms with E-state index < -0.39 is 53.5 Å². The lowest BCUT2D eigenvalue weighted by atomic mass is 9.59. The molecule has 2 aromatic carbocycles. The number of likely N-dealkylation sites (tertiary alicyclic amines) is 2. The summed E-state index contributed by atoms with van der Waals surface area (Å²) < 4.78 is 13.4. The van der Waals surface area contributed by atoms with Crippen LogP contribution in [0, 0.1) is 22.7 Å². The molecule has 4 aromatic rings. The number of esters is 2. The molecule has 4 bridgehead atoms. The molecule has 8 atom stereocenters. The number of hydrogen-bond acceptors (Lipinski definition) is 9. The van der Waals surface area contributed by atoms with E-state index in [1.165, 1.54) is 14.2 Å². The highest BCUT2D eigenvalue weighted by Crippen LogP contribution is 2.56. The van der Waals surface area contributed by atoms with Gasteiger partial charge in [-0.25, -0.2) is 0 Å². The van der Waals surface area contributed by atoms with Crippen molar-refractivity contribution >= 4 is 33.7 Å². The summed E-state index contributed by atoms with van der Waals surface area (Å²) in [5.74, 6) is -1.76. The number of piperidine rings is 2. The van der Waals surface area contributed by atoms with Gasteiger partial charge in [0, 0.05) is 64.5 Å². The van der Waals surface area contributed by atoms with E-state index in [1.54, 1.807) is 0 Å². The molecule has 11 nitrogen and oxygen atoms in total. The number of para-hydroxylation sites is 2. The first-order valence-electron chi connectivity index (χ1n) is 19.5. The number of aliphatic hydroxyl groups is 3. The van der Waals surface area contributed by atoms with E-state index in [0.29, 0.717) is 32.4 Å². The van der Waals surface area contributed by atoms with Crippen LogP contribution in [-0.2, 0) is 31.9 Å². The van der Waals surface area contributed by atoms with Gasteiger partial charge in [-0.1, -0.05) is 59.7 Å². The highest BCUT2D eigenvalue weighted by molar-refractivity contribution is 5.89. The van der Waals surface area contributed by atoms with Crippen molar-refractivity contribution in [3.05, 3.63) is 94.3 Å². The van der Waals surface area contributed by atoms with Gasteiger partial charge in [0.15, 0.2) is 0 Å². The molecule has 2 fully saturated rings. The van der Waals surface area contributed by atoms with Crippen LogP contribution in [0.15, 0.2) is 71.8 Å². The van der Waals surface area contributed by atoms with Crippen LogP contribution in [-0.4, -0.2) is 113 Å². The topological polar surface area (TPSA) is 140 Å². The molecule has 292 valence electrons.